The van der Waals surface area contributed by atoms with Crippen molar-refractivity contribution in [3.8, 4) is 11.9 Å². The Balaban J connectivity index is 1.74. The molecule has 2 aromatic rings. The van der Waals surface area contributed by atoms with Crippen LogP contribution >= 0.6 is 0 Å². The SMILES string of the molecule is Cc1nn2c(O)c(C(=O)NC3CC3)c(=O)n(CC(C)C)c2c1/C=C/C(=O)N1CCC(C#N)CC1. The van der Waals surface area contributed by atoms with Gasteiger partial charge in [0.1, 0.15) is 5.65 Å². The van der Waals surface area contributed by atoms with E-state index in [1.54, 1.807) is 17.9 Å². The molecule has 0 atom stereocenters. The van der Waals surface area contributed by atoms with E-state index in [0.29, 0.717) is 49.4 Å². The van der Waals surface area contributed by atoms with Crippen LogP contribution in [0, 0.1) is 30.1 Å². The number of likely N-dealkylation sites (tertiary alicyclic amines) is 1. The van der Waals surface area contributed by atoms with Gasteiger partial charge in [0.05, 0.1) is 11.8 Å². The summed E-state index contributed by atoms with van der Waals surface area (Å²) in [6, 6.07) is 2.28. The Morgan fingerprint density at radius 3 is 2.53 bits per heavy atom. The van der Waals surface area contributed by atoms with Crippen LogP contribution in [0.2, 0.25) is 0 Å². The van der Waals surface area contributed by atoms with Crippen LogP contribution in [0.15, 0.2) is 10.9 Å². The van der Waals surface area contributed by atoms with Crippen molar-refractivity contribution in [2.24, 2.45) is 11.8 Å². The number of hydrogen-bond acceptors (Lipinski definition) is 6. The van der Waals surface area contributed by atoms with Gasteiger partial charge < -0.3 is 15.3 Å². The molecule has 10 heteroatoms. The number of piperidine rings is 1. The maximum absolute atomic E-state index is 13.4. The number of aromatic hydroxyl groups is 1. The maximum atomic E-state index is 13.4. The average Bonchev–Trinajstić information content (AvgIpc) is 3.55. The third kappa shape index (κ3) is 4.55. The van der Waals surface area contributed by atoms with Gasteiger partial charge in [-0.1, -0.05) is 13.8 Å². The molecule has 0 aromatic carbocycles. The molecule has 2 aliphatic rings. The number of nitrogens with zero attached hydrogens (tertiary/aromatic N) is 5. The molecular weight excluding hydrogens is 436 g/mol. The molecule has 0 spiro atoms. The first-order chi connectivity index (χ1) is 16.2. The molecule has 1 aliphatic heterocycles. The Bertz CT molecular complexity index is 1250. The number of nitriles is 1. The van der Waals surface area contributed by atoms with Crippen LogP contribution in [0.25, 0.3) is 11.7 Å². The Morgan fingerprint density at radius 2 is 1.94 bits per heavy atom. The van der Waals surface area contributed by atoms with Crippen LogP contribution in [-0.2, 0) is 11.3 Å². The number of carbonyl (C=O) groups excluding carboxylic acids is 2. The summed E-state index contributed by atoms with van der Waals surface area (Å²) in [5.41, 5.74) is 0.469. The molecule has 0 unspecified atom stereocenters. The molecule has 180 valence electrons. The van der Waals surface area contributed by atoms with Gasteiger partial charge in [-0.25, -0.2) is 0 Å². The predicted molar refractivity (Wildman–Crippen MR) is 125 cm³/mol. The number of aromatic nitrogens is 3. The summed E-state index contributed by atoms with van der Waals surface area (Å²) >= 11 is 0. The lowest BCUT2D eigenvalue weighted by Gasteiger charge is -2.28. The lowest BCUT2D eigenvalue weighted by molar-refractivity contribution is -0.127. The zero-order chi connectivity index (χ0) is 24.6. The fourth-order valence-corrected chi connectivity index (χ4v) is 4.27. The fourth-order valence-electron chi connectivity index (χ4n) is 4.27. The first kappa shape index (κ1) is 23.5. The summed E-state index contributed by atoms with van der Waals surface area (Å²) in [5, 5.41) is 27.1. The topological polar surface area (TPSA) is 133 Å². The van der Waals surface area contributed by atoms with E-state index in [1.807, 2.05) is 13.8 Å². The highest BCUT2D eigenvalue weighted by Gasteiger charge is 2.30. The van der Waals surface area contributed by atoms with Gasteiger partial charge in [-0.3, -0.25) is 19.0 Å². The number of rotatable bonds is 6. The Hall–Kier alpha value is -3.61. The standard InChI is InChI=1S/C24H30N6O4/c1-14(2)13-29-22-18(6-7-19(31)28-10-8-16(12-25)9-11-28)15(3)27-30(22)24(34)20(23(29)33)21(32)26-17-4-5-17/h6-7,14,16-17,34H,4-5,8-11,13H2,1-3H3,(H,26,32)/b7-6+. The van der Waals surface area contributed by atoms with Crippen molar-refractivity contribution in [1.29, 1.82) is 5.26 Å². The fraction of sp³-hybridized carbons (Fsp3) is 0.542. The van der Waals surface area contributed by atoms with Crippen molar-refractivity contribution in [2.45, 2.75) is 59.0 Å². The van der Waals surface area contributed by atoms with Crippen LogP contribution in [0.3, 0.4) is 0 Å². The number of fused-ring (bicyclic) bond motifs is 1. The van der Waals surface area contributed by atoms with E-state index in [1.165, 1.54) is 15.2 Å². The molecule has 2 amide bonds. The molecule has 0 bridgehead atoms. The van der Waals surface area contributed by atoms with Gasteiger partial charge in [-0.15, -0.1) is 0 Å². The highest BCUT2D eigenvalue weighted by Crippen LogP contribution is 2.25. The number of carbonyl (C=O) groups is 2. The van der Waals surface area contributed by atoms with E-state index in [9.17, 15) is 19.5 Å². The van der Waals surface area contributed by atoms with Gasteiger partial charge in [0, 0.05) is 43.2 Å². The van der Waals surface area contributed by atoms with E-state index in [0.717, 1.165) is 12.8 Å². The summed E-state index contributed by atoms with van der Waals surface area (Å²) in [7, 11) is 0. The number of nitrogens with one attached hydrogen (secondary N) is 1. The van der Waals surface area contributed by atoms with E-state index in [2.05, 4.69) is 16.5 Å². The van der Waals surface area contributed by atoms with E-state index >= 15 is 0 Å². The van der Waals surface area contributed by atoms with Crippen LogP contribution in [0.4, 0.5) is 0 Å². The van der Waals surface area contributed by atoms with Crippen molar-refractivity contribution in [3.63, 3.8) is 0 Å². The van der Waals surface area contributed by atoms with Crippen molar-refractivity contribution < 1.29 is 14.7 Å². The number of amides is 2. The molecule has 3 heterocycles. The third-order valence-electron chi connectivity index (χ3n) is 6.29. The largest absolute Gasteiger partial charge is 0.492 e. The van der Waals surface area contributed by atoms with Gasteiger partial charge in [-0.2, -0.15) is 14.9 Å². The molecule has 34 heavy (non-hydrogen) atoms. The van der Waals surface area contributed by atoms with Gasteiger partial charge in [0.15, 0.2) is 5.56 Å². The number of hydrogen-bond donors (Lipinski definition) is 2. The summed E-state index contributed by atoms with van der Waals surface area (Å²) in [6.07, 6.45) is 6.06. The zero-order valence-electron chi connectivity index (χ0n) is 19.7. The molecule has 1 saturated carbocycles. The third-order valence-corrected chi connectivity index (χ3v) is 6.29. The summed E-state index contributed by atoms with van der Waals surface area (Å²) in [6.45, 7) is 6.98. The lowest BCUT2D eigenvalue weighted by Crippen LogP contribution is -2.37. The van der Waals surface area contributed by atoms with Crippen molar-refractivity contribution in [1.82, 2.24) is 24.4 Å². The van der Waals surface area contributed by atoms with E-state index in [-0.39, 0.29) is 29.3 Å². The molecule has 2 fully saturated rings. The van der Waals surface area contributed by atoms with Crippen molar-refractivity contribution in [3.05, 3.63) is 33.3 Å². The normalized spacial score (nSPS) is 17.0. The van der Waals surface area contributed by atoms with Crippen LogP contribution in [-0.4, -0.2) is 55.1 Å². The highest BCUT2D eigenvalue weighted by molar-refractivity contribution is 5.97. The Morgan fingerprint density at radius 1 is 1.26 bits per heavy atom. The smallest absolute Gasteiger partial charge is 0.270 e. The second-order valence-electron chi connectivity index (χ2n) is 9.55. The minimum Gasteiger partial charge on any atom is -0.492 e. The second-order valence-corrected chi connectivity index (χ2v) is 9.55. The van der Waals surface area contributed by atoms with E-state index < -0.39 is 17.3 Å². The van der Waals surface area contributed by atoms with E-state index in [4.69, 9.17) is 5.26 Å². The molecular formula is C24H30N6O4. The summed E-state index contributed by atoms with van der Waals surface area (Å²) in [5.74, 6) is -1.23. The molecule has 1 saturated heterocycles. The molecule has 2 aromatic heterocycles. The second kappa shape index (κ2) is 9.33. The lowest BCUT2D eigenvalue weighted by atomic mass is 9.98. The first-order valence-corrected chi connectivity index (χ1v) is 11.7. The quantitative estimate of drug-likeness (QED) is 0.624. The molecule has 2 N–H and O–H groups in total. The van der Waals surface area contributed by atoms with Crippen molar-refractivity contribution >= 4 is 23.5 Å². The average molecular weight is 467 g/mol. The minimum atomic E-state index is -0.606. The summed E-state index contributed by atoms with van der Waals surface area (Å²) in [4.78, 5) is 40.5. The Labute approximate surface area is 197 Å². The van der Waals surface area contributed by atoms with Crippen molar-refractivity contribution in [2.75, 3.05) is 13.1 Å². The molecule has 4 rings (SSSR count). The molecule has 1 aliphatic carbocycles. The predicted octanol–water partition coefficient (Wildman–Crippen LogP) is 1.83. The monoisotopic (exact) mass is 466 g/mol. The maximum Gasteiger partial charge on any atom is 0.270 e. The highest BCUT2D eigenvalue weighted by atomic mass is 16.3. The van der Waals surface area contributed by atoms with Gasteiger partial charge in [0.2, 0.25) is 11.8 Å². The molecule has 10 nitrogen and oxygen atoms in total. The van der Waals surface area contributed by atoms with Crippen LogP contribution in [0.1, 0.15) is 61.1 Å². The van der Waals surface area contributed by atoms with Crippen LogP contribution in [0.5, 0.6) is 5.88 Å². The number of aryl methyl sites for hydroxylation is 1. The van der Waals surface area contributed by atoms with Gasteiger partial charge in [0.25, 0.3) is 11.5 Å². The first-order valence-electron chi connectivity index (χ1n) is 11.7. The van der Waals surface area contributed by atoms with Crippen LogP contribution < -0.4 is 10.9 Å². The Kier molecular flexibility index (Phi) is 6.46. The van der Waals surface area contributed by atoms with Gasteiger partial charge >= 0.3 is 0 Å². The molecule has 0 radical (unpaired) electrons. The summed E-state index contributed by atoms with van der Waals surface area (Å²) < 4.78 is 2.66. The minimum absolute atomic E-state index is 0.0188. The zero-order valence-corrected chi connectivity index (χ0v) is 19.7. The van der Waals surface area contributed by atoms with Gasteiger partial charge in [-0.05, 0) is 44.6 Å².